The maximum atomic E-state index is 12.1. The van der Waals surface area contributed by atoms with E-state index in [-0.39, 0.29) is 11.3 Å². The summed E-state index contributed by atoms with van der Waals surface area (Å²) >= 11 is 0. The summed E-state index contributed by atoms with van der Waals surface area (Å²) in [6.45, 7) is 13.1. The van der Waals surface area contributed by atoms with Crippen molar-refractivity contribution in [1.29, 1.82) is 0 Å². The lowest BCUT2D eigenvalue weighted by molar-refractivity contribution is -0.152. The Balaban J connectivity index is 4.95. The zero-order valence-electron chi connectivity index (χ0n) is 11.1. The molecule has 0 amide bonds. The van der Waals surface area contributed by atoms with Crippen molar-refractivity contribution in [3.8, 4) is 0 Å². The number of carbonyl (C=O) groups excluding carboxylic acids is 1. The fourth-order valence-electron chi connectivity index (χ4n) is 1.55. The Hall–Kier alpha value is -0.410. The fourth-order valence-corrected chi connectivity index (χ4v) is 1.55. The molecule has 1 atom stereocenters. The molecule has 0 fully saturated rings. The highest BCUT2D eigenvalue weighted by Crippen LogP contribution is 2.25. The van der Waals surface area contributed by atoms with Crippen LogP contribution in [0.5, 0.6) is 0 Å². The Morgan fingerprint density at radius 2 is 1.53 bits per heavy atom. The first-order chi connectivity index (χ1) is 6.42. The summed E-state index contributed by atoms with van der Waals surface area (Å²) in [6.07, 6.45) is 0.375. The summed E-state index contributed by atoms with van der Waals surface area (Å²) < 4.78 is 0. The van der Waals surface area contributed by atoms with Crippen LogP contribution in [-0.2, 0) is 4.79 Å². The average Bonchev–Trinajstić information content (AvgIpc) is 1.98. The minimum atomic E-state index is -1.42. The van der Waals surface area contributed by atoms with Gasteiger partial charge in [-0.25, -0.2) is 0 Å². The van der Waals surface area contributed by atoms with Crippen molar-refractivity contribution in [2.45, 2.75) is 66.2 Å². The molecule has 0 saturated heterocycles. The van der Waals surface area contributed by atoms with Gasteiger partial charge in [-0.15, -0.1) is 0 Å². The fraction of sp³-hybridized carbons (Fsp3) is 0.917. The van der Waals surface area contributed by atoms with E-state index in [1.54, 1.807) is 0 Å². The number of aliphatic hydroxyl groups is 1. The number of nitrogens with one attached hydrogen (secondary N) is 1. The first-order valence-electron chi connectivity index (χ1n) is 5.49. The Labute approximate surface area is 93.3 Å². The zero-order valence-corrected chi connectivity index (χ0v) is 11.1. The molecule has 0 aliphatic heterocycles. The maximum Gasteiger partial charge on any atom is 0.184 e. The Bertz CT molecular complexity index is 235. The molecule has 0 bridgehead atoms. The Morgan fingerprint density at radius 3 is 1.73 bits per heavy atom. The predicted molar refractivity (Wildman–Crippen MR) is 62.6 cm³/mol. The number of hydrogen-bond donors (Lipinski definition) is 2. The van der Waals surface area contributed by atoms with Gasteiger partial charge in [0.2, 0.25) is 0 Å². The molecule has 90 valence electrons. The van der Waals surface area contributed by atoms with Crippen molar-refractivity contribution in [2.75, 3.05) is 0 Å². The third-order valence-electron chi connectivity index (χ3n) is 2.15. The third kappa shape index (κ3) is 4.31. The highest BCUT2D eigenvalue weighted by Gasteiger charge is 2.42. The van der Waals surface area contributed by atoms with Crippen LogP contribution in [0.3, 0.4) is 0 Å². The van der Waals surface area contributed by atoms with Crippen LogP contribution in [0.15, 0.2) is 0 Å². The first-order valence-corrected chi connectivity index (χ1v) is 5.49. The van der Waals surface area contributed by atoms with Crippen LogP contribution in [0.2, 0.25) is 0 Å². The summed E-state index contributed by atoms with van der Waals surface area (Å²) in [5, 5.41) is 13.3. The van der Waals surface area contributed by atoms with E-state index >= 15 is 0 Å². The van der Waals surface area contributed by atoms with E-state index in [1.807, 2.05) is 48.5 Å². The van der Waals surface area contributed by atoms with Gasteiger partial charge in [0.25, 0.3) is 0 Å². The second kappa shape index (κ2) is 4.22. The molecular weight excluding hydrogens is 190 g/mol. The molecule has 1 unspecified atom stereocenters. The Morgan fingerprint density at radius 1 is 1.13 bits per heavy atom. The van der Waals surface area contributed by atoms with Crippen LogP contribution < -0.4 is 5.32 Å². The van der Waals surface area contributed by atoms with Crippen LogP contribution in [0.1, 0.15) is 54.9 Å². The average molecular weight is 215 g/mol. The summed E-state index contributed by atoms with van der Waals surface area (Å²) in [5.41, 5.74) is -2.24. The maximum absolute atomic E-state index is 12.1. The zero-order chi connectivity index (χ0) is 12.5. The van der Waals surface area contributed by atoms with Gasteiger partial charge in [0.1, 0.15) is 0 Å². The lowest BCUT2D eigenvalue weighted by atomic mass is 9.82. The second-order valence-electron chi connectivity index (χ2n) is 6.17. The molecule has 0 spiro atoms. The molecule has 2 N–H and O–H groups in total. The van der Waals surface area contributed by atoms with Gasteiger partial charge in [0.15, 0.2) is 11.5 Å². The van der Waals surface area contributed by atoms with Crippen molar-refractivity contribution < 1.29 is 9.90 Å². The second-order valence-corrected chi connectivity index (χ2v) is 6.17. The third-order valence-corrected chi connectivity index (χ3v) is 2.15. The van der Waals surface area contributed by atoms with Gasteiger partial charge in [-0.3, -0.25) is 10.1 Å². The van der Waals surface area contributed by atoms with Gasteiger partial charge in [0, 0.05) is 11.0 Å². The minimum absolute atomic E-state index is 0.160. The number of rotatable bonds is 3. The predicted octanol–water partition coefficient (Wildman–Crippen LogP) is 2.09. The number of Topliss-reactive ketones (excluding diaryl/α,β-unsaturated/α-hetero) is 1. The van der Waals surface area contributed by atoms with Gasteiger partial charge in [-0.2, -0.15) is 0 Å². The van der Waals surface area contributed by atoms with Crippen LogP contribution >= 0.6 is 0 Å². The first kappa shape index (κ1) is 14.6. The van der Waals surface area contributed by atoms with E-state index in [9.17, 15) is 9.90 Å². The topological polar surface area (TPSA) is 49.3 Å². The standard InChI is InChI=1S/C12H25NO2/c1-8-12(15,13-11(5,6)7)9(14)10(2,3)4/h13,15H,8H2,1-7H3. The molecule has 0 rings (SSSR count). The van der Waals surface area contributed by atoms with E-state index < -0.39 is 11.1 Å². The minimum Gasteiger partial charge on any atom is -0.369 e. The highest BCUT2D eigenvalue weighted by molar-refractivity contribution is 5.91. The smallest absolute Gasteiger partial charge is 0.184 e. The monoisotopic (exact) mass is 215 g/mol. The van der Waals surface area contributed by atoms with Crippen molar-refractivity contribution in [3.05, 3.63) is 0 Å². The van der Waals surface area contributed by atoms with Gasteiger partial charge in [-0.05, 0) is 27.2 Å². The van der Waals surface area contributed by atoms with E-state index in [4.69, 9.17) is 0 Å². The Kier molecular flexibility index (Phi) is 4.11. The van der Waals surface area contributed by atoms with Crippen molar-refractivity contribution in [2.24, 2.45) is 5.41 Å². The van der Waals surface area contributed by atoms with Crippen molar-refractivity contribution in [1.82, 2.24) is 5.32 Å². The molecule has 0 aromatic heterocycles. The molecule has 0 aromatic rings. The number of ketones is 1. The quantitative estimate of drug-likeness (QED) is 0.709. The molecule has 0 aliphatic rings. The normalized spacial score (nSPS) is 17.3. The highest BCUT2D eigenvalue weighted by atomic mass is 16.3. The molecule has 0 aromatic carbocycles. The molecule has 0 saturated carbocycles. The van der Waals surface area contributed by atoms with E-state index in [1.165, 1.54) is 0 Å². The summed E-state index contributed by atoms with van der Waals surface area (Å²) in [6, 6.07) is 0. The lowest BCUT2D eigenvalue weighted by Gasteiger charge is -2.38. The molecule has 0 aliphatic carbocycles. The summed E-state index contributed by atoms with van der Waals surface area (Å²) in [5.74, 6) is -0.160. The van der Waals surface area contributed by atoms with Crippen LogP contribution in [0.4, 0.5) is 0 Å². The largest absolute Gasteiger partial charge is 0.369 e. The van der Waals surface area contributed by atoms with Crippen LogP contribution in [0, 0.1) is 5.41 Å². The molecule has 0 radical (unpaired) electrons. The van der Waals surface area contributed by atoms with E-state index in [0.717, 1.165) is 0 Å². The van der Waals surface area contributed by atoms with Gasteiger partial charge in [-0.1, -0.05) is 27.7 Å². The number of carbonyl (C=O) groups is 1. The van der Waals surface area contributed by atoms with Crippen LogP contribution in [-0.4, -0.2) is 22.2 Å². The van der Waals surface area contributed by atoms with Crippen LogP contribution in [0.25, 0.3) is 0 Å². The summed E-state index contributed by atoms with van der Waals surface area (Å²) in [4.78, 5) is 12.1. The molecule has 3 heteroatoms. The van der Waals surface area contributed by atoms with E-state index in [0.29, 0.717) is 6.42 Å². The molecular formula is C12H25NO2. The van der Waals surface area contributed by atoms with Gasteiger partial charge >= 0.3 is 0 Å². The molecule has 15 heavy (non-hydrogen) atoms. The van der Waals surface area contributed by atoms with Crippen molar-refractivity contribution >= 4 is 5.78 Å². The van der Waals surface area contributed by atoms with Gasteiger partial charge in [0.05, 0.1) is 0 Å². The van der Waals surface area contributed by atoms with E-state index in [2.05, 4.69) is 5.32 Å². The van der Waals surface area contributed by atoms with Crippen molar-refractivity contribution in [3.63, 3.8) is 0 Å². The molecule has 0 heterocycles. The lowest BCUT2D eigenvalue weighted by Crippen LogP contribution is -2.61. The SMILES string of the molecule is CCC(O)(NC(C)(C)C)C(=O)C(C)(C)C. The number of hydrogen-bond acceptors (Lipinski definition) is 3. The van der Waals surface area contributed by atoms with Gasteiger partial charge < -0.3 is 5.11 Å². The summed E-state index contributed by atoms with van der Waals surface area (Å²) in [7, 11) is 0. The molecule has 3 nitrogen and oxygen atoms in total.